The molecule has 0 bridgehead atoms. The summed E-state index contributed by atoms with van der Waals surface area (Å²) in [6, 6.07) is 8.70. The van der Waals surface area contributed by atoms with Gasteiger partial charge in [0.15, 0.2) is 11.7 Å². The molecule has 6 heteroatoms. The van der Waals surface area contributed by atoms with Crippen LogP contribution in [0.1, 0.15) is 24.9 Å². The lowest BCUT2D eigenvalue weighted by atomic mass is 10.1. The summed E-state index contributed by atoms with van der Waals surface area (Å²) in [5, 5.41) is 11.1. The van der Waals surface area contributed by atoms with Gasteiger partial charge in [-0.05, 0) is 13.8 Å². The SMILES string of the molecule is Cc1nc(CCC(=O)NC(C)C(=O)O)oc1-c1ccccc1. The van der Waals surface area contributed by atoms with E-state index in [1.165, 1.54) is 6.92 Å². The molecule has 6 nitrogen and oxygen atoms in total. The molecule has 1 heterocycles. The number of hydrogen-bond acceptors (Lipinski definition) is 4. The Morgan fingerprint density at radius 2 is 2.00 bits per heavy atom. The molecule has 0 aliphatic heterocycles. The molecule has 0 fully saturated rings. The Labute approximate surface area is 128 Å². The van der Waals surface area contributed by atoms with Gasteiger partial charge in [-0.1, -0.05) is 30.3 Å². The van der Waals surface area contributed by atoms with Gasteiger partial charge in [0, 0.05) is 18.4 Å². The number of benzene rings is 1. The van der Waals surface area contributed by atoms with Gasteiger partial charge >= 0.3 is 5.97 Å². The molecule has 1 amide bonds. The van der Waals surface area contributed by atoms with Crippen LogP contribution in [0, 0.1) is 6.92 Å². The lowest BCUT2D eigenvalue weighted by Gasteiger charge is -2.07. The standard InChI is InChI=1S/C16H18N2O4/c1-10-15(12-6-4-3-5-7-12)22-14(18-10)9-8-13(19)17-11(2)16(20)21/h3-7,11H,8-9H2,1-2H3,(H,17,19)(H,20,21). The van der Waals surface area contributed by atoms with Gasteiger partial charge in [-0.15, -0.1) is 0 Å². The minimum Gasteiger partial charge on any atom is -0.480 e. The van der Waals surface area contributed by atoms with Gasteiger partial charge in [0.1, 0.15) is 6.04 Å². The number of carbonyl (C=O) groups excluding carboxylic acids is 1. The molecule has 0 aliphatic carbocycles. The number of aryl methyl sites for hydroxylation is 2. The zero-order chi connectivity index (χ0) is 16.1. The number of hydrogen-bond donors (Lipinski definition) is 2. The molecule has 2 rings (SSSR count). The maximum atomic E-state index is 11.6. The highest BCUT2D eigenvalue weighted by Crippen LogP contribution is 2.24. The third-order valence-corrected chi connectivity index (χ3v) is 3.19. The van der Waals surface area contributed by atoms with Crippen LogP contribution in [0.15, 0.2) is 34.7 Å². The third kappa shape index (κ3) is 3.94. The van der Waals surface area contributed by atoms with Crippen LogP contribution in [0.2, 0.25) is 0 Å². The first kappa shape index (κ1) is 15.8. The molecule has 0 spiro atoms. The minimum atomic E-state index is -1.06. The predicted molar refractivity (Wildman–Crippen MR) is 80.2 cm³/mol. The van der Waals surface area contributed by atoms with E-state index in [0.29, 0.717) is 18.1 Å². The van der Waals surface area contributed by atoms with Crippen molar-refractivity contribution in [2.75, 3.05) is 0 Å². The predicted octanol–water partition coefficient (Wildman–Crippen LogP) is 2.17. The van der Waals surface area contributed by atoms with Gasteiger partial charge in [0.25, 0.3) is 0 Å². The Kier molecular flexibility index (Phi) is 4.93. The van der Waals surface area contributed by atoms with Crippen LogP contribution in [0.5, 0.6) is 0 Å². The van der Waals surface area contributed by atoms with E-state index in [4.69, 9.17) is 9.52 Å². The first-order valence-electron chi connectivity index (χ1n) is 7.01. The number of nitrogens with zero attached hydrogens (tertiary/aromatic N) is 1. The van der Waals surface area contributed by atoms with Crippen molar-refractivity contribution in [2.45, 2.75) is 32.7 Å². The molecule has 0 radical (unpaired) electrons. The summed E-state index contributed by atoms with van der Waals surface area (Å²) in [7, 11) is 0. The summed E-state index contributed by atoms with van der Waals surface area (Å²) in [5.74, 6) is -0.247. The van der Waals surface area contributed by atoms with Crippen molar-refractivity contribution in [1.29, 1.82) is 0 Å². The number of carboxylic acid groups (broad SMARTS) is 1. The highest BCUT2D eigenvalue weighted by Gasteiger charge is 2.16. The number of aromatic nitrogens is 1. The molecule has 0 saturated heterocycles. The van der Waals surface area contributed by atoms with Crippen molar-refractivity contribution < 1.29 is 19.1 Å². The van der Waals surface area contributed by atoms with Crippen LogP contribution >= 0.6 is 0 Å². The topological polar surface area (TPSA) is 92.4 Å². The van der Waals surface area contributed by atoms with Gasteiger partial charge in [-0.25, -0.2) is 4.98 Å². The van der Waals surface area contributed by atoms with Crippen molar-refractivity contribution in [2.24, 2.45) is 0 Å². The molecule has 1 aromatic carbocycles. The average Bonchev–Trinajstić information content (AvgIpc) is 2.87. The van der Waals surface area contributed by atoms with E-state index in [1.807, 2.05) is 37.3 Å². The van der Waals surface area contributed by atoms with Crippen molar-refractivity contribution in [3.8, 4) is 11.3 Å². The summed E-state index contributed by atoms with van der Waals surface area (Å²) >= 11 is 0. The van der Waals surface area contributed by atoms with Gasteiger partial charge in [0.2, 0.25) is 5.91 Å². The second-order valence-corrected chi connectivity index (χ2v) is 5.02. The highest BCUT2D eigenvalue weighted by molar-refractivity contribution is 5.83. The summed E-state index contributed by atoms with van der Waals surface area (Å²) < 4.78 is 5.70. The van der Waals surface area contributed by atoms with Gasteiger partial charge in [0.05, 0.1) is 5.69 Å². The lowest BCUT2D eigenvalue weighted by molar-refractivity contribution is -0.141. The summed E-state index contributed by atoms with van der Waals surface area (Å²) in [6.45, 7) is 3.27. The lowest BCUT2D eigenvalue weighted by Crippen LogP contribution is -2.38. The van der Waals surface area contributed by atoms with E-state index in [2.05, 4.69) is 10.3 Å². The maximum absolute atomic E-state index is 11.6. The molecule has 22 heavy (non-hydrogen) atoms. The zero-order valence-electron chi connectivity index (χ0n) is 12.5. The van der Waals surface area contributed by atoms with E-state index >= 15 is 0 Å². The molecule has 1 atom stereocenters. The first-order chi connectivity index (χ1) is 10.5. The van der Waals surface area contributed by atoms with Crippen LogP contribution in [0.4, 0.5) is 0 Å². The normalized spacial score (nSPS) is 11.9. The monoisotopic (exact) mass is 302 g/mol. The fourth-order valence-corrected chi connectivity index (χ4v) is 2.01. The van der Waals surface area contributed by atoms with Crippen molar-refractivity contribution in [3.63, 3.8) is 0 Å². The molecular weight excluding hydrogens is 284 g/mol. The Hall–Kier alpha value is -2.63. The minimum absolute atomic E-state index is 0.131. The summed E-state index contributed by atoms with van der Waals surface area (Å²) in [5.41, 5.74) is 1.70. The van der Waals surface area contributed by atoms with E-state index in [1.54, 1.807) is 0 Å². The molecular formula is C16H18N2O4. The van der Waals surface area contributed by atoms with E-state index in [0.717, 1.165) is 11.3 Å². The zero-order valence-corrected chi connectivity index (χ0v) is 12.5. The second kappa shape index (κ2) is 6.89. The van der Waals surface area contributed by atoms with Crippen LogP contribution in [0.3, 0.4) is 0 Å². The number of oxazole rings is 1. The number of carboxylic acids is 1. The number of carbonyl (C=O) groups is 2. The number of amides is 1. The van der Waals surface area contributed by atoms with Crippen molar-refractivity contribution in [3.05, 3.63) is 41.9 Å². The average molecular weight is 302 g/mol. The molecule has 2 aromatic rings. The van der Waals surface area contributed by atoms with Gasteiger partial charge in [-0.2, -0.15) is 0 Å². The Bertz CT molecular complexity index is 664. The van der Waals surface area contributed by atoms with Gasteiger partial charge in [-0.3, -0.25) is 9.59 Å². The quantitative estimate of drug-likeness (QED) is 0.853. The van der Waals surface area contributed by atoms with Crippen molar-refractivity contribution >= 4 is 11.9 Å². The molecule has 116 valence electrons. The Morgan fingerprint density at radius 3 is 2.64 bits per heavy atom. The fraction of sp³-hybridized carbons (Fsp3) is 0.312. The third-order valence-electron chi connectivity index (χ3n) is 3.19. The molecule has 1 unspecified atom stereocenters. The van der Waals surface area contributed by atoms with E-state index < -0.39 is 12.0 Å². The molecule has 2 N–H and O–H groups in total. The largest absolute Gasteiger partial charge is 0.480 e. The number of rotatable bonds is 6. The Balaban J connectivity index is 1.97. The van der Waals surface area contributed by atoms with E-state index in [9.17, 15) is 9.59 Å². The first-order valence-corrected chi connectivity index (χ1v) is 7.01. The van der Waals surface area contributed by atoms with Crippen molar-refractivity contribution in [1.82, 2.24) is 10.3 Å². The maximum Gasteiger partial charge on any atom is 0.325 e. The fourth-order valence-electron chi connectivity index (χ4n) is 2.01. The van der Waals surface area contributed by atoms with Crippen LogP contribution in [-0.2, 0) is 16.0 Å². The van der Waals surface area contributed by atoms with Crippen LogP contribution < -0.4 is 5.32 Å². The molecule has 0 aliphatic rings. The Morgan fingerprint density at radius 1 is 1.32 bits per heavy atom. The molecule has 1 aromatic heterocycles. The molecule has 0 saturated carbocycles. The van der Waals surface area contributed by atoms with Crippen LogP contribution in [0.25, 0.3) is 11.3 Å². The number of nitrogens with one attached hydrogen (secondary N) is 1. The van der Waals surface area contributed by atoms with Crippen LogP contribution in [-0.4, -0.2) is 28.0 Å². The second-order valence-electron chi connectivity index (χ2n) is 5.02. The smallest absolute Gasteiger partial charge is 0.325 e. The summed E-state index contributed by atoms with van der Waals surface area (Å²) in [6.07, 6.45) is 0.456. The summed E-state index contributed by atoms with van der Waals surface area (Å²) in [4.78, 5) is 26.6. The highest BCUT2D eigenvalue weighted by atomic mass is 16.4. The van der Waals surface area contributed by atoms with E-state index in [-0.39, 0.29) is 12.3 Å². The van der Waals surface area contributed by atoms with Gasteiger partial charge < -0.3 is 14.8 Å². The number of aliphatic carboxylic acids is 1.